The summed E-state index contributed by atoms with van der Waals surface area (Å²) >= 11 is 0. The highest BCUT2D eigenvalue weighted by Gasteiger charge is 2.15. The molecule has 98 valence electrons. The van der Waals surface area contributed by atoms with E-state index in [1.165, 1.54) is 13.8 Å². The summed E-state index contributed by atoms with van der Waals surface area (Å²) in [7, 11) is 0. The fraction of sp³-hybridized carbons (Fsp3) is 0.231. The third-order valence-corrected chi connectivity index (χ3v) is 2.41. The molecule has 0 amide bonds. The number of hydrogen-bond donors (Lipinski definition) is 0. The van der Waals surface area contributed by atoms with E-state index < -0.39 is 5.97 Å². The van der Waals surface area contributed by atoms with E-state index in [-0.39, 0.29) is 12.5 Å². The van der Waals surface area contributed by atoms with Crippen LogP contribution in [0.5, 0.6) is 0 Å². The lowest BCUT2D eigenvalue weighted by Crippen LogP contribution is -2.14. The SMILES string of the molecule is CC(=O)OCc1nc(-c2ccccc2)nn1C(C)=O. The fourth-order valence-corrected chi connectivity index (χ4v) is 1.57. The molecule has 0 fully saturated rings. The topological polar surface area (TPSA) is 74.1 Å². The maximum Gasteiger partial charge on any atom is 0.303 e. The maximum atomic E-state index is 11.5. The maximum absolute atomic E-state index is 11.5. The first kappa shape index (κ1) is 12.9. The predicted octanol–water partition coefficient (Wildman–Crippen LogP) is 1.67. The smallest absolute Gasteiger partial charge is 0.303 e. The van der Waals surface area contributed by atoms with Crippen LogP contribution >= 0.6 is 0 Å². The Kier molecular flexibility index (Phi) is 3.70. The molecule has 0 N–H and O–H groups in total. The van der Waals surface area contributed by atoms with Gasteiger partial charge in [-0.25, -0.2) is 4.98 Å². The molecule has 6 heteroatoms. The number of carbonyl (C=O) groups excluding carboxylic acids is 2. The molecule has 0 aliphatic carbocycles. The van der Waals surface area contributed by atoms with Crippen LogP contribution in [0.4, 0.5) is 0 Å². The first-order chi connectivity index (χ1) is 9.08. The molecule has 1 aromatic carbocycles. The van der Waals surface area contributed by atoms with Crippen molar-refractivity contribution in [2.75, 3.05) is 0 Å². The summed E-state index contributed by atoms with van der Waals surface area (Å²) in [6, 6.07) is 9.28. The molecule has 0 unspecified atom stereocenters. The van der Waals surface area contributed by atoms with Crippen molar-refractivity contribution >= 4 is 11.9 Å². The Bertz CT molecular complexity index is 605. The van der Waals surface area contributed by atoms with E-state index in [1.807, 2.05) is 30.3 Å². The number of ether oxygens (including phenoxy) is 1. The molecule has 0 radical (unpaired) electrons. The van der Waals surface area contributed by atoms with E-state index in [0.717, 1.165) is 10.2 Å². The second kappa shape index (κ2) is 5.43. The number of esters is 1. The molecule has 19 heavy (non-hydrogen) atoms. The van der Waals surface area contributed by atoms with Crippen molar-refractivity contribution in [1.29, 1.82) is 0 Å². The molecular weight excluding hydrogens is 246 g/mol. The second-order valence-corrected chi connectivity index (χ2v) is 3.93. The van der Waals surface area contributed by atoms with Crippen molar-refractivity contribution in [2.45, 2.75) is 20.5 Å². The first-order valence-corrected chi connectivity index (χ1v) is 5.73. The number of aromatic nitrogens is 3. The minimum absolute atomic E-state index is 0.0747. The van der Waals surface area contributed by atoms with E-state index in [1.54, 1.807) is 0 Å². The van der Waals surface area contributed by atoms with Gasteiger partial charge in [0.2, 0.25) is 5.91 Å². The number of carbonyl (C=O) groups is 2. The van der Waals surface area contributed by atoms with Crippen LogP contribution in [0.25, 0.3) is 11.4 Å². The van der Waals surface area contributed by atoms with Crippen LogP contribution in [0, 0.1) is 0 Å². The van der Waals surface area contributed by atoms with Gasteiger partial charge in [0.25, 0.3) is 0 Å². The average Bonchev–Trinajstić information content (AvgIpc) is 2.81. The Morgan fingerprint density at radius 3 is 2.47 bits per heavy atom. The Labute approximate surface area is 110 Å². The highest BCUT2D eigenvalue weighted by Crippen LogP contribution is 2.15. The van der Waals surface area contributed by atoms with Crippen molar-refractivity contribution in [3.8, 4) is 11.4 Å². The number of rotatable bonds is 3. The van der Waals surface area contributed by atoms with Gasteiger partial charge < -0.3 is 4.74 Å². The average molecular weight is 259 g/mol. The standard InChI is InChI=1S/C13H13N3O3/c1-9(17)16-12(8-19-10(2)18)14-13(15-16)11-6-4-3-5-7-11/h3-7H,8H2,1-2H3. The lowest BCUT2D eigenvalue weighted by Gasteiger charge is -2.00. The van der Waals surface area contributed by atoms with Gasteiger partial charge in [-0.05, 0) is 0 Å². The molecule has 0 atom stereocenters. The second-order valence-electron chi connectivity index (χ2n) is 3.93. The molecule has 0 spiro atoms. The first-order valence-electron chi connectivity index (χ1n) is 5.73. The van der Waals surface area contributed by atoms with Crippen molar-refractivity contribution in [1.82, 2.24) is 14.8 Å². The zero-order valence-electron chi connectivity index (χ0n) is 10.7. The van der Waals surface area contributed by atoms with Gasteiger partial charge in [-0.3, -0.25) is 9.59 Å². The van der Waals surface area contributed by atoms with Gasteiger partial charge in [-0.1, -0.05) is 30.3 Å². The third kappa shape index (κ3) is 3.04. The highest BCUT2D eigenvalue weighted by molar-refractivity contribution is 5.76. The molecule has 0 saturated carbocycles. The molecule has 0 saturated heterocycles. The molecule has 2 aromatic rings. The number of benzene rings is 1. The Morgan fingerprint density at radius 2 is 1.89 bits per heavy atom. The van der Waals surface area contributed by atoms with Crippen LogP contribution in [-0.2, 0) is 16.1 Å². The fourth-order valence-electron chi connectivity index (χ4n) is 1.57. The molecule has 6 nitrogen and oxygen atoms in total. The Hall–Kier alpha value is -2.50. The summed E-state index contributed by atoms with van der Waals surface area (Å²) in [5.74, 6) is 0.0238. The van der Waals surface area contributed by atoms with Crippen LogP contribution in [0.15, 0.2) is 30.3 Å². The molecule has 1 heterocycles. The minimum Gasteiger partial charge on any atom is -0.458 e. The molecule has 0 bridgehead atoms. The molecule has 0 aliphatic rings. The van der Waals surface area contributed by atoms with E-state index in [4.69, 9.17) is 4.74 Å². The van der Waals surface area contributed by atoms with Crippen LogP contribution in [0.2, 0.25) is 0 Å². The van der Waals surface area contributed by atoms with Gasteiger partial charge in [-0.15, -0.1) is 5.10 Å². The van der Waals surface area contributed by atoms with Crippen molar-refractivity contribution in [3.63, 3.8) is 0 Å². The Balaban J connectivity index is 2.35. The van der Waals surface area contributed by atoms with Gasteiger partial charge in [0.15, 0.2) is 18.3 Å². The minimum atomic E-state index is -0.431. The van der Waals surface area contributed by atoms with E-state index in [0.29, 0.717) is 11.6 Å². The normalized spacial score (nSPS) is 10.2. The number of nitrogens with zero attached hydrogens (tertiary/aromatic N) is 3. The summed E-state index contributed by atoms with van der Waals surface area (Å²) in [5.41, 5.74) is 0.798. The van der Waals surface area contributed by atoms with Gasteiger partial charge in [0.1, 0.15) is 0 Å². The monoisotopic (exact) mass is 259 g/mol. The summed E-state index contributed by atoms with van der Waals surface area (Å²) in [6.07, 6.45) is 0. The van der Waals surface area contributed by atoms with Crippen LogP contribution in [0.1, 0.15) is 24.5 Å². The van der Waals surface area contributed by atoms with E-state index >= 15 is 0 Å². The quantitative estimate of drug-likeness (QED) is 0.784. The zero-order valence-corrected chi connectivity index (χ0v) is 10.7. The number of hydrogen-bond acceptors (Lipinski definition) is 5. The van der Waals surface area contributed by atoms with Gasteiger partial charge >= 0.3 is 5.97 Å². The van der Waals surface area contributed by atoms with Crippen molar-refractivity contribution < 1.29 is 14.3 Å². The zero-order chi connectivity index (χ0) is 13.8. The molecular formula is C13H13N3O3. The van der Waals surface area contributed by atoms with E-state index in [9.17, 15) is 9.59 Å². The predicted molar refractivity (Wildman–Crippen MR) is 67.2 cm³/mol. The summed E-state index contributed by atoms with van der Waals surface area (Å²) in [6.45, 7) is 2.60. The third-order valence-electron chi connectivity index (χ3n) is 2.41. The lowest BCUT2D eigenvalue weighted by molar-refractivity contribution is -0.142. The van der Waals surface area contributed by atoms with E-state index in [2.05, 4.69) is 10.1 Å². The summed E-state index contributed by atoms with van der Waals surface area (Å²) < 4.78 is 6.00. The molecule has 1 aromatic heterocycles. The summed E-state index contributed by atoms with van der Waals surface area (Å²) in [4.78, 5) is 26.5. The molecule has 2 rings (SSSR count). The summed E-state index contributed by atoms with van der Waals surface area (Å²) in [5, 5.41) is 4.12. The van der Waals surface area contributed by atoms with Crippen molar-refractivity contribution in [3.05, 3.63) is 36.2 Å². The van der Waals surface area contributed by atoms with Gasteiger partial charge in [0, 0.05) is 19.4 Å². The van der Waals surface area contributed by atoms with Crippen LogP contribution in [0.3, 0.4) is 0 Å². The Morgan fingerprint density at radius 1 is 1.21 bits per heavy atom. The van der Waals surface area contributed by atoms with Crippen LogP contribution < -0.4 is 0 Å². The van der Waals surface area contributed by atoms with Crippen LogP contribution in [-0.4, -0.2) is 26.6 Å². The largest absolute Gasteiger partial charge is 0.458 e. The molecule has 0 aliphatic heterocycles. The van der Waals surface area contributed by atoms with Gasteiger partial charge in [0.05, 0.1) is 0 Å². The lowest BCUT2D eigenvalue weighted by atomic mass is 10.2. The highest BCUT2D eigenvalue weighted by atomic mass is 16.5. The van der Waals surface area contributed by atoms with Gasteiger partial charge in [-0.2, -0.15) is 4.68 Å². The van der Waals surface area contributed by atoms with Crippen molar-refractivity contribution in [2.24, 2.45) is 0 Å².